The molecule has 0 atom stereocenters. The molecule has 2 heterocycles. The van der Waals surface area contributed by atoms with Crippen molar-refractivity contribution in [1.82, 2.24) is 10.1 Å². The fraction of sp³-hybridized carbons (Fsp3) is 0.212. The number of aromatic nitrogens is 1. The van der Waals surface area contributed by atoms with Crippen LogP contribution in [0.3, 0.4) is 0 Å². The van der Waals surface area contributed by atoms with Crippen LogP contribution < -0.4 is 15.0 Å². The van der Waals surface area contributed by atoms with E-state index in [-0.39, 0.29) is 5.78 Å². The molecule has 7 nitrogen and oxygen atoms in total. The van der Waals surface area contributed by atoms with Crippen molar-refractivity contribution in [2.24, 2.45) is 0 Å². The predicted octanol–water partition coefficient (Wildman–Crippen LogP) is 6.51. The standard InChI is InChI=1S/C33H29ClN4O3/c34-23-10-12-24(13-11-23)40-19-18-37-14-16-38(17-15-37)28-20-27(35-21-22-6-2-1-3-7-22)29-30-31(28)36-41-33(30)26-9-5-4-8-25(26)32(29)39/h1-13,20,35H,14-19,21H2. The fourth-order valence-corrected chi connectivity index (χ4v) is 5.88. The van der Waals surface area contributed by atoms with Crippen molar-refractivity contribution in [3.8, 4) is 17.1 Å². The number of ketones is 1. The van der Waals surface area contributed by atoms with Gasteiger partial charge in [0.1, 0.15) is 17.9 Å². The van der Waals surface area contributed by atoms with E-state index in [1.165, 1.54) is 0 Å². The highest BCUT2D eigenvalue weighted by Crippen LogP contribution is 2.46. The van der Waals surface area contributed by atoms with Gasteiger partial charge in [-0.25, -0.2) is 0 Å². The number of nitrogens with zero attached hydrogens (tertiary/aromatic N) is 3. The fourth-order valence-electron chi connectivity index (χ4n) is 5.75. The molecule has 0 unspecified atom stereocenters. The van der Waals surface area contributed by atoms with Gasteiger partial charge in [-0.05, 0) is 35.9 Å². The molecule has 206 valence electrons. The lowest BCUT2D eigenvalue weighted by Crippen LogP contribution is -2.47. The summed E-state index contributed by atoms with van der Waals surface area (Å²) in [4.78, 5) is 18.6. The highest BCUT2D eigenvalue weighted by molar-refractivity contribution is 6.30. The summed E-state index contributed by atoms with van der Waals surface area (Å²) in [6, 6.07) is 27.4. The van der Waals surface area contributed by atoms with Gasteiger partial charge in [0.15, 0.2) is 11.5 Å². The predicted molar refractivity (Wildman–Crippen MR) is 162 cm³/mol. The molecule has 8 heteroatoms. The molecule has 5 aromatic rings. The molecule has 0 spiro atoms. The van der Waals surface area contributed by atoms with Crippen LogP contribution in [0.1, 0.15) is 21.5 Å². The zero-order valence-electron chi connectivity index (χ0n) is 22.5. The number of anilines is 2. The molecule has 41 heavy (non-hydrogen) atoms. The van der Waals surface area contributed by atoms with E-state index in [1.807, 2.05) is 66.7 Å². The molecular weight excluding hydrogens is 536 g/mol. The molecule has 1 N–H and O–H groups in total. The summed E-state index contributed by atoms with van der Waals surface area (Å²) < 4.78 is 11.9. The summed E-state index contributed by atoms with van der Waals surface area (Å²) in [5.74, 6) is 1.48. The maximum atomic E-state index is 13.8. The van der Waals surface area contributed by atoms with Gasteiger partial charge in [0, 0.05) is 61.1 Å². The number of halogens is 1. The van der Waals surface area contributed by atoms with E-state index in [0.29, 0.717) is 35.1 Å². The maximum Gasteiger partial charge on any atom is 0.196 e. The largest absolute Gasteiger partial charge is 0.492 e. The Hall–Kier alpha value is -4.33. The summed E-state index contributed by atoms with van der Waals surface area (Å²) >= 11 is 5.97. The minimum Gasteiger partial charge on any atom is -0.492 e. The Morgan fingerprint density at radius 3 is 2.41 bits per heavy atom. The molecule has 0 radical (unpaired) electrons. The van der Waals surface area contributed by atoms with Crippen molar-refractivity contribution in [3.63, 3.8) is 0 Å². The van der Waals surface area contributed by atoms with E-state index < -0.39 is 0 Å². The van der Waals surface area contributed by atoms with Crippen molar-refractivity contribution in [3.05, 3.63) is 107 Å². The Balaban J connectivity index is 1.15. The Morgan fingerprint density at radius 2 is 1.63 bits per heavy atom. The van der Waals surface area contributed by atoms with E-state index in [4.69, 9.17) is 20.9 Å². The first-order valence-corrected chi connectivity index (χ1v) is 14.3. The third kappa shape index (κ3) is 4.92. The summed E-state index contributed by atoms with van der Waals surface area (Å²) in [5, 5.41) is 9.59. The SMILES string of the molecule is O=C1c2ccccc2-c2onc3c(N4CCN(CCOc5ccc(Cl)cc5)CC4)cc(NCc4ccccc4)c1c23. The lowest BCUT2D eigenvalue weighted by Gasteiger charge is -2.36. The number of fused-ring (bicyclic) bond motifs is 2. The second-order valence-corrected chi connectivity index (χ2v) is 10.8. The van der Waals surface area contributed by atoms with Crippen LogP contribution >= 0.6 is 11.6 Å². The zero-order valence-corrected chi connectivity index (χ0v) is 23.2. The topological polar surface area (TPSA) is 70.8 Å². The quantitative estimate of drug-likeness (QED) is 0.226. The molecule has 0 saturated carbocycles. The van der Waals surface area contributed by atoms with E-state index in [9.17, 15) is 4.79 Å². The van der Waals surface area contributed by atoms with Gasteiger partial charge in [0.05, 0.1) is 16.6 Å². The number of hydrogen-bond donors (Lipinski definition) is 1. The average Bonchev–Trinajstić information content (AvgIpc) is 3.46. The molecule has 7 rings (SSSR count). The van der Waals surface area contributed by atoms with Gasteiger partial charge in [-0.15, -0.1) is 0 Å². The van der Waals surface area contributed by atoms with Crippen LogP contribution in [0.25, 0.3) is 22.2 Å². The van der Waals surface area contributed by atoms with Gasteiger partial charge in [-0.3, -0.25) is 9.69 Å². The molecule has 1 aliphatic heterocycles. The minimum absolute atomic E-state index is 0.00563. The molecular formula is C33H29ClN4O3. The van der Waals surface area contributed by atoms with E-state index in [0.717, 1.165) is 71.9 Å². The third-order valence-electron chi connectivity index (χ3n) is 7.91. The number of ether oxygens (including phenoxy) is 1. The zero-order chi connectivity index (χ0) is 27.8. The van der Waals surface area contributed by atoms with Crippen molar-refractivity contribution in [2.75, 3.05) is 49.5 Å². The molecule has 0 amide bonds. The summed E-state index contributed by atoms with van der Waals surface area (Å²) in [7, 11) is 0. The highest BCUT2D eigenvalue weighted by atomic mass is 35.5. The van der Waals surface area contributed by atoms with Gasteiger partial charge < -0.3 is 19.5 Å². The molecule has 4 aromatic carbocycles. The molecule has 1 aromatic heterocycles. The summed E-state index contributed by atoms with van der Waals surface area (Å²) in [6.07, 6.45) is 0. The Morgan fingerprint density at radius 1 is 0.902 bits per heavy atom. The number of carbonyl (C=O) groups excluding carboxylic acids is 1. The summed E-state index contributed by atoms with van der Waals surface area (Å²) in [6.45, 7) is 5.52. The average molecular weight is 565 g/mol. The van der Waals surface area contributed by atoms with Crippen molar-refractivity contribution in [2.45, 2.75) is 6.54 Å². The van der Waals surface area contributed by atoms with E-state index in [1.54, 1.807) is 0 Å². The number of carbonyl (C=O) groups is 1. The normalized spacial score (nSPS) is 14.8. The van der Waals surface area contributed by atoms with Gasteiger partial charge in [-0.2, -0.15) is 0 Å². The van der Waals surface area contributed by atoms with Crippen LogP contribution in [0.5, 0.6) is 5.75 Å². The first kappa shape index (κ1) is 25.6. The molecule has 1 aliphatic carbocycles. The Kier molecular flexibility index (Phi) is 6.82. The Labute approximate surface area is 243 Å². The first-order valence-electron chi connectivity index (χ1n) is 13.9. The smallest absolute Gasteiger partial charge is 0.196 e. The molecule has 1 fully saturated rings. The maximum absolute atomic E-state index is 13.8. The number of benzene rings is 4. The minimum atomic E-state index is -0.00563. The van der Waals surface area contributed by atoms with Crippen LogP contribution in [0.2, 0.25) is 5.02 Å². The van der Waals surface area contributed by atoms with E-state index in [2.05, 4.69) is 38.5 Å². The molecule has 1 saturated heterocycles. The first-order chi connectivity index (χ1) is 20.2. The second-order valence-electron chi connectivity index (χ2n) is 10.4. The van der Waals surface area contributed by atoms with Crippen LogP contribution in [-0.2, 0) is 6.54 Å². The van der Waals surface area contributed by atoms with Crippen molar-refractivity contribution >= 4 is 39.7 Å². The third-order valence-corrected chi connectivity index (χ3v) is 8.16. The lowest BCUT2D eigenvalue weighted by atomic mass is 9.86. The monoisotopic (exact) mass is 564 g/mol. The van der Waals surface area contributed by atoms with Gasteiger partial charge in [-0.1, -0.05) is 71.4 Å². The molecule has 0 bridgehead atoms. The van der Waals surface area contributed by atoms with Crippen LogP contribution in [0, 0.1) is 0 Å². The number of piperazine rings is 1. The molecule has 2 aliphatic rings. The second kappa shape index (κ2) is 10.9. The Bertz CT molecular complexity index is 1710. The summed E-state index contributed by atoms with van der Waals surface area (Å²) in [5.41, 5.74) is 5.74. The van der Waals surface area contributed by atoms with Crippen LogP contribution in [0.15, 0.2) is 89.5 Å². The van der Waals surface area contributed by atoms with Crippen molar-refractivity contribution in [1.29, 1.82) is 0 Å². The lowest BCUT2D eigenvalue weighted by molar-refractivity contribution is 0.104. The van der Waals surface area contributed by atoms with Crippen LogP contribution in [0.4, 0.5) is 11.4 Å². The van der Waals surface area contributed by atoms with Gasteiger partial charge >= 0.3 is 0 Å². The van der Waals surface area contributed by atoms with Crippen molar-refractivity contribution < 1.29 is 14.1 Å². The van der Waals surface area contributed by atoms with Gasteiger partial charge in [0.25, 0.3) is 0 Å². The van der Waals surface area contributed by atoms with Crippen LogP contribution in [-0.4, -0.2) is 55.2 Å². The van der Waals surface area contributed by atoms with Gasteiger partial charge in [0.2, 0.25) is 0 Å². The number of rotatable bonds is 8. The number of nitrogens with one attached hydrogen (secondary N) is 1. The highest BCUT2D eigenvalue weighted by Gasteiger charge is 2.34. The number of hydrogen-bond acceptors (Lipinski definition) is 7. The van der Waals surface area contributed by atoms with E-state index >= 15 is 0 Å².